The van der Waals surface area contributed by atoms with Gasteiger partial charge >= 0.3 is 0 Å². The van der Waals surface area contributed by atoms with E-state index in [0.29, 0.717) is 5.82 Å². The molecule has 0 atom stereocenters. The quantitative estimate of drug-likeness (QED) is 0.633. The van der Waals surface area contributed by atoms with Gasteiger partial charge in [0.05, 0.1) is 5.69 Å². The summed E-state index contributed by atoms with van der Waals surface area (Å²) in [6, 6.07) is 7.64. The van der Waals surface area contributed by atoms with Gasteiger partial charge in [-0.2, -0.15) is 0 Å². The van der Waals surface area contributed by atoms with Crippen LogP contribution < -0.4 is 5.32 Å². The van der Waals surface area contributed by atoms with Gasteiger partial charge in [-0.05, 0) is 12.1 Å². The van der Waals surface area contributed by atoms with Crippen LogP contribution in [-0.2, 0) is 0 Å². The molecule has 0 radical (unpaired) electrons. The predicted molar refractivity (Wildman–Crippen MR) is 85.8 cm³/mol. The van der Waals surface area contributed by atoms with Crippen LogP contribution in [0, 0.1) is 0 Å². The molecule has 5 nitrogen and oxygen atoms in total. The van der Waals surface area contributed by atoms with Crippen molar-refractivity contribution in [1.82, 2.24) is 15.2 Å². The van der Waals surface area contributed by atoms with Crippen LogP contribution in [0.2, 0.25) is 0 Å². The Morgan fingerprint density at radius 3 is 2.90 bits per heavy atom. The lowest BCUT2D eigenvalue weighted by Gasteiger charge is -2.08. The van der Waals surface area contributed by atoms with E-state index in [1.807, 2.05) is 44.2 Å². The second-order valence-corrected chi connectivity index (χ2v) is 5.81. The van der Waals surface area contributed by atoms with E-state index in [2.05, 4.69) is 27.1 Å². The average molecular weight is 302 g/mol. The highest BCUT2D eigenvalue weighted by atomic mass is 32.2. The number of aromatic amines is 1. The summed E-state index contributed by atoms with van der Waals surface area (Å²) >= 11 is 1.61. The largest absolute Gasteiger partial charge is 0.318 e. The molecule has 0 spiro atoms. The third-order valence-electron chi connectivity index (χ3n) is 2.74. The van der Waals surface area contributed by atoms with Crippen molar-refractivity contribution in [3.63, 3.8) is 0 Å². The van der Waals surface area contributed by atoms with Crippen LogP contribution in [0.5, 0.6) is 0 Å². The number of hydrogen-bond donors (Lipinski definition) is 2. The fraction of sp³-hybridized carbons (Fsp3) is 0.267. The van der Waals surface area contributed by atoms with E-state index in [1.54, 1.807) is 11.8 Å². The van der Waals surface area contributed by atoms with Gasteiger partial charge in [-0.25, -0.2) is 4.98 Å². The minimum absolute atomic E-state index is 0.155. The van der Waals surface area contributed by atoms with E-state index in [1.165, 1.54) is 0 Å². The van der Waals surface area contributed by atoms with E-state index in [0.717, 1.165) is 16.3 Å². The van der Waals surface area contributed by atoms with E-state index < -0.39 is 0 Å². The van der Waals surface area contributed by atoms with Gasteiger partial charge in [0.15, 0.2) is 0 Å². The summed E-state index contributed by atoms with van der Waals surface area (Å²) in [7, 11) is 0. The molecule has 6 heteroatoms. The Morgan fingerprint density at radius 2 is 2.24 bits per heavy atom. The Kier molecular flexibility index (Phi) is 5.16. The van der Waals surface area contributed by atoms with Crippen molar-refractivity contribution in [3.05, 3.63) is 48.6 Å². The van der Waals surface area contributed by atoms with Gasteiger partial charge in [-0.1, -0.05) is 32.1 Å². The van der Waals surface area contributed by atoms with Crippen molar-refractivity contribution in [3.8, 4) is 0 Å². The lowest BCUT2D eigenvalue weighted by Crippen LogP contribution is -2.14. The van der Waals surface area contributed by atoms with E-state index in [-0.39, 0.29) is 17.6 Å². The summed E-state index contributed by atoms with van der Waals surface area (Å²) in [6.07, 6.45) is 1.83. The number of carbonyl (C=O) groups is 1. The molecule has 0 saturated carbocycles. The van der Waals surface area contributed by atoms with Gasteiger partial charge < -0.3 is 5.32 Å². The van der Waals surface area contributed by atoms with Gasteiger partial charge in [0.2, 0.25) is 5.82 Å². The standard InChI is InChI=1S/C15H18N4OS/c1-4-9-21-12-8-6-5-7-11(12)16-15(20)14-17-13(10(2)3)18-19-14/h4-8,10H,1,9H2,2-3H3,(H,16,20)(H,17,18,19). The van der Waals surface area contributed by atoms with E-state index in [9.17, 15) is 4.79 Å². The van der Waals surface area contributed by atoms with Gasteiger partial charge in [-0.15, -0.1) is 23.4 Å². The molecule has 0 fully saturated rings. The fourth-order valence-corrected chi connectivity index (χ4v) is 2.40. The molecular formula is C15H18N4OS. The minimum atomic E-state index is -0.315. The van der Waals surface area contributed by atoms with Crippen molar-refractivity contribution in [2.24, 2.45) is 0 Å². The number of anilines is 1. The maximum absolute atomic E-state index is 12.2. The molecule has 0 saturated heterocycles. The highest BCUT2D eigenvalue weighted by Gasteiger charge is 2.15. The van der Waals surface area contributed by atoms with Crippen LogP contribution in [0.25, 0.3) is 0 Å². The second-order valence-electron chi connectivity index (χ2n) is 4.75. The smallest absolute Gasteiger partial charge is 0.295 e. The van der Waals surface area contributed by atoms with Crippen molar-refractivity contribution in [2.75, 3.05) is 11.1 Å². The van der Waals surface area contributed by atoms with Gasteiger partial charge in [0.1, 0.15) is 5.82 Å². The number of carbonyl (C=O) groups excluding carboxylic acids is 1. The van der Waals surface area contributed by atoms with E-state index >= 15 is 0 Å². The maximum atomic E-state index is 12.2. The molecule has 21 heavy (non-hydrogen) atoms. The number of H-pyrrole nitrogens is 1. The molecule has 2 rings (SSSR count). The molecule has 1 amide bonds. The molecule has 2 N–H and O–H groups in total. The van der Waals surface area contributed by atoms with Crippen LogP contribution >= 0.6 is 11.8 Å². The highest BCUT2D eigenvalue weighted by Crippen LogP contribution is 2.27. The van der Waals surface area contributed by atoms with Gasteiger partial charge in [-0.3, -0.25) is 9.89 Å². The molecule has 0 aliphatic rings. The van der Waals surface area contributed by atoms with Crippen LogP contribution in [0.15, 0.2) is 41.8 Å². The molecular weight excluding hydrogens is 284 g/mol. The molecule has 0 bridgehead atoms. The minimum Gasteiger partial charge on any atom is -0.318 e. The number of hydrogen-bond acceptors (Lipinski definition) is 4. The van der Waals surface area contributed by atoms with Crippen molar-refractivity contribution in [2.45, 2.75) is 24.7 Å². The molecule has 2 aromatic rings. The first kappa shape index (κ1) is 15.3. The van der Waals surface area contributed by atoms with Crippen molar-refractivity contribution >= 4 is 23.4 Å². The summed E-state index contributed by atoms with van der Waals surface area (Å²) in [4.78, 5) is 17.4. The molecule has 1 aromatic heterocycles. The number of nitrogens with zero attached hydrogens (tertiary/aromatic N) is 2. The fourth-order valence-electron chi connectivity index (χ4n) is 1.66. The zero-order valence-electron chi connectivity index (χ0n) is 12.1. The Morgan fingerprint density at radius 1 is 1.48 bits per heavy atom. The molecule has 110 valence electrons. The first-order chi connectivity index (χ1) is 10.1. The summed E-state index contributed by atoms with van der Waals surface area (Å²) in [5.41, 5.74) is 0.755. The number of nitrogens with one attached hydrogen (secondary N) is 2. The first-order valence-electron chi connectivity index (χ1n) is 6.68. The zero-order valence-corrected chi connectivity index (χ0v) is 12.9. The Balaban J connectivity index is 2.13. The number of benzene rings is 1. The highest BCUT2D eigenvalue weighted by molar-refractivity contribution is 7.99. The molecule has 0 unspecified atom stereocenters. The van der Waals surface area contributed by atoms with E-state index in [4.69, 9.17) is 0 Å². The monoisotopic (exact) mass is 302 g/mol. The zero-order chi connectivity index (χ0) is 15.2. The van der Waals surface area contributed by atoms with Crippen molar-refractivity contribution < 1.29 is 4.79 Å². The average Bonchev–Trinajstić information content (AvgIpc) is 2.96. The maximum Gasteiger partial charge on any atom is 0.295 e. The van der Waals surface area contributed by atoms with Gasteiger partial charge in [0.25, 0.3) is 5.91 Å². The second kappa shape index (κ2) is 7.08. The van der Waals surface area contributed by atoms with Gasteiger partial charge in [0, 0.05) is 16.6 Å². The van der Waals surface area contributed by atoms with Crippen LogP contribution in [-0.4, -0.2) is 26.8 Å². The summed E-state index contributed by atoms with van der Waals surface area (Å²) in [6.45, 7) is 7.68. The molecule has 1 aromatic carbocycles. The van der Waals surface area contributed by atoms with Crippen LogP contribution in [0.3, 0.4) is 0 Å². The lowest BCUT2D eigenvalue weighted by atomic mass is 10.2. The first-order valence-corrected chi connectivity index (χ1v) is 7.66. The summed E-state index contributed by atoms with van der Waals surface area (Å²) in [5.74, 6) is 1.53. The topological polar surface area (TPSA) is 70.7 Å². The third-order valence-corrected chi connectivity index (χ3v) is 3.81. The summed E-state index contributed by atoms with van der Waals surface area (Å²) in [5, 5.41) is 9.58. The SMILES string of the molecule is C=CCSc1ccccc1NC(=O)c1n[nH]c(C(C)C)n1. The molecule has 1 heterocycles. The normalized spacial score (nSPS) is 10.6. The summed E-state index contributed by atoms with van der Waals surface area (Å²) < 4.78 is 0. The Bertz CT molecular complexity index is 636. The number of para-hydroxylation sites is 1. The number of thioether (sulfide) groups is 1. The molecule has 0 aliphatic carbocycles. The number of rotatable bonds is 6. The number of aromatic nitrogens is 3. The molecule has 0 aliphatic heterocycles. The Hall–Kier alpha value is -2.08. The third kappa shape index (κ3) is 3.95. The van der Waals surface area contributed by atoms with Crippen molar-refractivity contribution in [1.29, 1.82) is 0 Å². The van der Waals surface area contributed by atoms with Crippen LogP contribution in [0.4, 0.5) is 5.69 Å². The van der Waals surface area contributed by atoms with Crippen LogP contribution in [0.1, 0.15) is 36.2 Å². The lowest BCUT2D eigenvalue weighted by molar-refractivity contribution is 0.101. The predicted octanol–water partition coefficient (Wildman–Crippen LogP) is 3.46. The Labute approximate surface area is 128 Å². The number of amides is 1.